The molecule has 0 aromatic carbocycles. The largest absolute Gasteiger partial charge is 0.440 e. The number of H-pyrrole nitrogens is 1. The highest BCUT2D eigenvalue weighted by Gasteiger charge is 2.62. The molecule has 1 aromatic rings. The fourth-order valence-electron chi connectivity index (χ4n) is 8.27. The van der Waals surface area contributed by atoms with Gasteiger partial charge in [-0.2, -0.15) is 0 Å². The van der Waals surface area contributed by atoms with Crippen LogP contribution in [-0.2, 0) is 21.5 Å². The summed E-state index contributed by atoms with van der Waals surface area (Å²) in [5.41, 5.74) is 2.84. The average molecular weight is 507 g/mol. The van der Waals surface area contributed by atoms with Gasteiger partial charge in [-0.25, -0.2) is 4.79 Å². The van der Waals surface area contributed by atoms with Gasteiger partial charge in [0, 0.05) is 24.1 Å². The number of aliphatic hydroxyl groups excluding tert-OH is 1. The first-order valence-electron chi connectivity index (χ1n) is 13.6. The van der Waals surface area contributed by atoms with Gasteiger partial charge in [-0.3, -0.25) is 10.1 Å². The summed E-state index contributed by atoms with van der Waals surface area (Å²) in [4.78, 5) is 28.8. The molecule has 37 heavy (non-hydrogen) atoms. The topological polar surface area (TPSA) is 112 Å². The Morgan fingerprint density at radius 3 is 2.68 bits per heavy atom. The van der Waals surface area contributed by atoms with Crippen molar-refractivity contribution in [3.05, 3.63) is 68.2 Å². The summed E-state index contributed by atoms with van der Waals surface area (Å²) >= 11 is 0. The molecule has 198 valence electrons. The van der Waals surface area contributed by atoms with Crippen LogP contribution in [0, 0.1) is 23.2 Å². The molecule has 2 heterocycles. The molecule has 4 aliphatic carbocycles. The summed E-state index contributed by atoms with van der Waals surface area (Å²) in [6, 6.07) is 3.40. The lowest BCUT2D eigenvalue weighted by Gasteiger charge is -2.50. The number of carbonyl (C=O) groups excluding carboxylic acids is 1. The second-order valence-electron chi connectivity index (χ2n) is 12.9. The van der Waals surface area contributed by atoms with Crippen LogP contribution in [0.4, 0.5) is 0 Å². The average Bonchev–Trinajstić information content (AvgIpc) is 3.20. The van der Waals surface area contributed by atoms with Crippen LogP contribution in [0.3, 0.4) is 0 Å². The summed E-state index contributed by atoms with van der Waals surface area (Å²) < 4.78 is 5.99. The molecule has 2 bridgehead atoms. The molecule has 5 aliphatic rings. The van der Waals surface area contributed by atoms with Gasteiger partial charge in [0.15, 0.2) is 6.23 Å². The number of pyridine rings is 1. The zero-order valence-electron chi connectivity index (χ0n) is 22.4. The predicted octanol–water partition coefficient (Wildman–Crippen LogP) is 3.38. The number of ether oxygens (including phenoxy) is 1. The fourth-order valence-corrected chi connectivity index (χ4v) is 8.27. The zero-order chi connectivity index (χ0) is 26.5. The standard InChI is InChI=1S/C30H38N2O5/c1-6-20-17-9-15(2)11-29(20,21-7-8-24(34)31-22(21)10-17)32-27-30(36)14-23(33)16(3)18-12-28(4,5)13-19(18)25(30)26(35)37-27/h6-9,16-18,23,27,32-33,36H,10-14H2,1-5H3,(H,31,34)/b20-6+/t16-,17+,18-,23+,27+,29-,30+/m1/s1. The lowest BCUT2D eigenvalue weighted by atomic mass is 9.62. The van der Waals surface area contributed by atoms with Gasteiger partial charge in [0.2, 0.25) is 5.56 Å². The van der Waals surface area contributed by atoms with Crippen molar-refractivity contribution in [3.63, 3.8) is 0 Å². The van der Waals surface area contributed by atoms with Crippen LogP contribution in [0.25, 0.3) is 0 Å². The van der Waals surface area contributed by atoms with Gasteiger partial charge in [0.1, 0.15) is 5.60 Å². The molecule has 1 aromatic heterocycles. The Bertz CT molecular complexity index is 1340. The van der Waals surface area contributed by atoms with Crippen molar-refractivity contribution in [2.24, 2.45) is 23.2 Å². The van der Waals surface area contributed by atoms with Crippen LogP contribution >= 0.6 is 0 Å². The highest BCUT2D eigenvalue weighted by Crippen LogP contribution is 2.57. The molecule has 7 atom stereocenters. The van der Waals surface area contributed by atoms with Crippen molar-refractivity contribution in [1.82, 2.24) is 10.3 Å². The lowest BCUT2D eigenvalue weighted by Crippen LogP contribution is -2.61. The van der Waals surface area contributed by atoms with Gasteiger partial charge in [-0.05, 0) is 74.0 Å². The number of fused-ring (bicyclic) bond motifs is 6. The Labute approximate surface area is 217 Å². The lowest BCUT2D eigenvalue weighted by molar-refractivity contribution is -0.146. The summed E-state index contributed by atoms with van der Waals surface area (Å²) in [6.45, 7) is 10.5. The van der Waals surface area contributed by atoms with Crippen LogP contribution in [-0.4, -0.2) is 39.1 Å². The maximum absolute atomic E-state index is 13.5. The highest BCUT2D eigenvalue weighted by molar-refractivity contribution is 5.95. The molecule has 1 aliphatic heterocycles. The van der Waals surface area contributed by atoms with Gasteiger partial charge in [-0.15, -0.1) is 0 Å². The van der Waals surface area contributed by atoms with Crippen molar-refractivity contribution in [3.8, 4) is 0 Å². The van der Waals surface area contributed by atoms with Gasteiger partial charge >= 0.3 is 5.97 Å². The molecule has 1 saturated carbocycles. The van der Waals surface area contributed by atoms with Gasteiger partial charge in [0.05, 0.1) is 17.2 Å². The SMILES string of the molecule is C/C=C1\[C@H]2C=C(C)C[C@]1(N[C@H]1OC(=O)C3=C4CC(C)(C)C[C@@H]4[C@@H](C)[C@@H](O)C[C@]31O)c1ccc(=O)[nH]c1C2. The Kier molecular flexibility index (Phi) is 5.38. The number of hydrogen-bond acceptors (Lipinski definition) is 6. The molecule has 6 rings (SSSR count). The van der Waals surface area contributed by atoms with E-state index < -0.39 is 29.4 Å². The fraction of sp³-hybridized carbons (Fsp3) is 0.600. The van der Waals surface area contributed by atoms with Gasteiger partial charge in [0.25, 0.3) is 0 Å². The number of allylic oxidation sites excluding steroid dienone is 3. The number of aromatic amines is 1. The van der Waals surface area contributed by atoms with Crippen LogP contribution in [0.1, 0.15) is 71.6 Å². The zero-order valence-corrected chi connectivity index (χ0v) is 22.4. The summed E-state index contributed by atoms with van der Waals surface area (Å²) in [5, 5.41) is 27.2. The van der Waals surface area contributed by atoms with Crippen LogP contribution in [0.15, 0.2) is 51.4 Å². The second kappa shape index (κ2) is 8.01. The first-order chi connectivity index (χ1) is 17.4. The molecule has 2 fully saturated rings. The Morgan fingerprint density at radius 1 is 1.19 bits per heavy atom. The highest BCUT2D eigenvalue weighted by atomic mass is 16.6. The van der Waals surface area contributed by atoms with Crippen LogP contribution < -0.4 is 10.9 Å². The van der Waals surface area contributed by atoms with Crippen molar-refractivity contribution in [2.75, 3.05) is 0 Å². The number of carbonyl (C=O) groups is 1. The molecular weight excluding hydrogens is 468 g/mol. The monoisotopic (exact) mass is 506 g/mol. The van der Waals surface area contributed by atoms with E-state index in [9.17, 15) is 19.8 Å². The Balaban J connectivity index is 1.51. The first-order valence-corrected chi connectivity index (χ1v) is 13.6. The van der Waals surface area contributed by atoms with Gasteiger partial charge in [-0.1, -0.05) is 44.1 Å². The molecule has 7 nitrogen and oxygen atoms in total. The summed E-state index contributed by atoms with van der Waals surface area (Å²) in [5.74, 6) is -0.439. The maximum atomic E-state index is 13.5. The minimum Gasteiger partial charge on any atom is -0.440 e. The van der Waals surface area contributed by atoms with E-state index in [-0.39, 0.29) is 35.1 Å². The number of aliphatic hydroxyl groups is 2. The van der Waals surface area contributed by atoms with Crippen molar-refractivity contribution >= 4 is 5.97 Å². The van der Waals surface area contributed by atoms with E-state index in [1.807, 2.05) is 19.9 Å². The van der Waals surface area contributed by atoms with E-state index in [1.165, 1.54) is 11.6 Å². The number of aromatic nitrogens is 1. The Hall–Kier alpha value is -2.48. The molecule has 0 radical (unpaired) electrons. The number of cyclic esters (lactones) is 1. The number of esters is 1. The normalized spacial score (nSPS) is 41.1. The van der Waals surface area contributed by atoms with Gasteiger partial charge < -0.3 is 19.9 Å². The maximum Gasteiger partial charge on any atom is 0.338 e. The number of rotatable bonds is 2. The van der Waals surface area contributed by atoms with E-state index in [0.29, 0.717) is 24.8 Å². The molecular formula is C30H38N2O5. The smallest absolute Gasteiger partial charge is 0.338 e. The molecule has 0 amide bonds. The number of nitrogens with one attached hydrogen (secondary N) is 2. The molecule has 4 N–H and O–H groups in total. The molecule has 1 saturated heterocycles. The van der Waals surface area contributed by atoms with Crippen LogP contribution in [0.2, 0.25) is 0 Å². The van der Waals surface area contributed by atoms with E-state index in [4.69, 9.17) is 4.74 Å². The van der Waals surface area contributed by atoms with E-state index in [2.05, 4.69) is 43.2 Å². The number of hydrogen-bond donors (Lipinski definition) is 4. The summed E-state index contributed by atoms with van der Waals surface area (Å²) in [7, 11) is 0. The minimum absolute atomic E-state index is 0.0193. The first kappa shape index (κ1) is 24.8. The third-order valence-corrected chi connectivity index (χ3v) is 9.76. The summed E-state index contributed by atoms with van der Waals surface area (Å²) in [6.07, 6.45) is 5.44. The van der Waals surface area contributed by atoms with E-state index in [0.717, 1.165) is 28.8 Å². The van der Waals surface area contributed by atoms with Crippen molar-refractivity contribution < 1.29 is 19.7 Å². The third kappa shape index (κ3) is 3.50. The van der Waals surface area contributed by atoms with E-state index >= 15 is 0 Å². The quantitative estimate of drug-likeness (QED) is 0.362. The second-order valence-corrected chi connectivity index (χ2v) is 12.9. The third-order valence-electron chi connectivity index (χ3n) is 9.76. The minimum atomic E-state index is -1.66. The van der Waals surface area contributed by atoms with Crippen LogP contribution in [0.5, 0.6) is 0 Å². The predicted molar refractivity (Wildman–Crippen MR) is 139 cm³/mol. The Morgan fingerprint density at radius 2 is 1.95 bits per heavy atom. The molecule has 0 spiro atoms. The molecule has 7 heteroatoms. The van der Waals surface area contributed by atoms with Crippen molar-refractivity contribution in [1.29, 1.82) is 0 Å². The van der Waals surface area contributed by atoms with E-state index in [1.54, 1.807) is 0 Å². The van der Waals surface area contributed by atoms with Crippen molar-refractivity contribution in [2.45, 2.75) is 90.2 Å². The molecule has 0 unspecified atom stereocenters.